The predicted molar refractivity (Wildman–Crippen MR) is 128 cm³/mol. The van der Waals surface area contributed by atoms with Crippen molar-refractivity contribution in [2.75, 3.05) is 5.32 Å². The van der Waals surface area contributed by atoms with Crippen LogP contribution < -0.4 is 15.5 Å². The molecule has 0 aliphatic carbocycles. The molecule has 0 unspecified atom stereocenters. The van der Waals surface area contributed by atoms with E-state index < -0.39 is 17.6 Å². The van der Waals surface area contributed by atoms with Crippen LogP contribution in [0.5, 0.6) is 5.75 Å². The third-order valence-corrected chi connectivity index (χ3v) is 5.16. The summed E-state index contributed by atoms with van der Waals surface area (Å²) >= 11 is 17.7. The first-order valence-electron chi connectivity index (χ1n) is 9.51. The molecule has 0 bridgehead atoms. The lowest BCUT2D eigenvalue weighted by atomic mass is 10.1. The van der Waals surface area contributed by atoms with Crippen molar-refractivity contribution in [2.45, 2.75) is 13.5 Å². The molecule has 3 aromatic carbocycles. The maximum absolute atomic E-state index is 13.8. The van der Waals surface area contributed by atoms with Crippen molar-refractivity contribution >= 4 is 58.0 Å². The number of nitrogens with one attached hydrogen (secondary N) is 2. The van der Waals surface area contributed by atoms with Crippen molar-refractivity contribution in [1.29, 1.82) is 0 Å². The zero-order valence-electron chi connectivity index (χ0n) is 17.2. The van der Waals surface area contributed by atoms with Crippen LogP contribution in [-0.4, -0.2) is 17.5 Å². The molecule has 0 heterocycles. The molecule has 2 amide bonds. The number of hydrogen-bond donors (Lipinski definition) is 2. The largest absolute Gasteiger partial charge is 0.489 e. The Balaban J connectivity index is 1.56. The number of benzene rings is 3. The van der Waals surface area contributed by atoms with E-state index >= 15 is 0 Å². The van der Waals surface area contributed by atoms with E-state index in [9.17, 15) is 14.0 Å². The van der Waals surface area contributed by atoms with E-state index in [4.69, 9.17) is 39.5 Å². The molecule has 0 aliphatic rings. The molecule has 0 saturated heterocycles. The van der Waals surface area contributed by atoms with Gasteiger partial charge in [-0.15, -0.1) is 0 Å². The van der Waals surface area contributed by atoms with Crippen LogP contribution in [0.1, 0.15) is 18.1 Å². The van der Waals surface area contributed by atoms with Gasteiger partial charge in [-0.25, -0.2) is 9.82 Å². The van der Waals surface area contributed by atoms with E-state index in [0.717, 1.165) is 0 Å². The quantitative estimate of drug-likeness (QED) is 0.249. The van der Waals surface area contributed by atoms with Crippen LogP contribution >= 0.6 is 34.8 Å². The van der Waals surface area contributed by atoms with Gasteiger partial charge in [0, 0.05) is 21.3 Å². The summed E-state index contributed by atoms with van der Waals surface area (Å²) in [7, 11) is 0. The van der Waals surface area contributed by atoms with Crippen molar-refractivity contribution < 1.29 is 18.7 Å². The van der Waals surface area contributed by atoms with Gasteiger partial charge >= 0.3 is 11.8 Å². The highest BCUT2D eigenvalue weighted by atomic mass is 35.5. The SMILES string of the molecule is C/C(=N\NC(=O)C(=O)Nc1cc(Cl)cc(Cl)c1)c1ccc(OCc2c(F)cccc2Cl)cc1. The Morgan fingerprint density at radius 1 is 0.970 bits per heavy atom. The minimum Gasteiger partial charge on any atom is -0.489 e. The number of anilines is 1. The number of amides is 2. The first-order chi connectivity index (χ1) is 15.7. The van der Waals surface area contributed by atoms with Crippen molar-refractivity contribution in [3.8, 4) is 5.75 Å². The highest BCUT2D eigenvalue weighted by Gasteiger charge is 2.14. The fraction of sp³-hybridized carbons (Fsp3) is 0.0870. The second kappa shape index (κ2) is 11.1. The van der Waals surface area contributed by atoms with Gasteiger partial charge in [-0.05, 0) is 67.1 Å². The average Bonchev–Trinajstić information content (AvgIpc) is 2.76. The molecule has 0 aromatic heterocycles. The summed E-state index contributed by atoms with van der Waals surface area (Å²) in [6, 6.07) is 15.6. The van der Waals surface area contributed by atoms with Gasteiger partial charge in [0.2, 0.25) is 0 Å². The molecular weight excluding hydrogens is 492 g/mol. The minimum atomic E-state index is -0.966. The standard InChI is InChI=1S/C23H17Cl3FN3O3/c1-13(29-30-23(32)22(31)28-17-10-15(24)9-16(25)11-17)14-5-7-18(8-6-14)33-12-19-20(26)3-2-4-21(19)27/h2-11H,12H2,1H3,(H,28,31)(H,30,32)/b29-13+. The molecule has 6 nitrogen and oxygen atoms in total. The first kappa shape index (κ1) is 24.5. The Labute approximate surface area is 204 Å². The molecule has 0 spiro atoms. The average molecular weight is 509 g/mol. The third kappa shape index (κ3) is 6.92. The molecule has 2 N–H and O–H groups in total. The summed E-state index contributed by atoms with van der Waals surface area (Å²) in [4.78, 5) is 24.1. The van der Waals surface area contributed by atoms with Crippen LogP contribution in [0.15, 0.2) is 65.8 Å². The topological polar surface area (TPSA) is 79.8 Å². The van der Waals surface area contributed by atoms with Gasteiger partial charge < -0.3 is 10.1 Å². The van der Waals surface area contributed by atoms with Gasteiger partial charge in [-0.2, -0.15) is 5.10 Å². The van der Waals surface area contributed by atoms with Gasteiger partial charge in [0.1, 0.15) is 18.2 Å². The summed E-state index contributed by atoms with van der Waals surface area (Å²) in [5.74, 6) is -1.84. The van der Waals surface area contributed by atoms with Crippen LogP contribution in [-0.2, 0) is 16.2 Å². The summed E-state index contributed by atoms with van der Waals surface area (Å²) in [6.45, 7) is 1.63. The number of hydrazone groups is 1. The highest BCUT2D eigenvalue weighted by molar-refractivity contribution is 6.40. The van der Waals surface area contributed by atoms with E-state index in [1.54, 1.807) is 37.3 Å². The van der Waals surface area contributed by atoms with E-state index in [2.05, 4.69) is 15.8 Å². The van der Waals surface area contributed by atoms with Crippen LogP contribution in [0.3, 0.4) is 0 Å². The molecule has 3 aromatic rings. The Hall–Kier alpha value is -3.13. The van der Waals surface area contributed by atoms with Gasteiger partial charge in [-0.1, -0.05) is 40.9 Å². The summed E-state index contributed by atoms with van der Waals surface area (Å²) in [5, 5.41) is 7.24. The van der Waals surface area contributed by atoms with Crippen molar-refractivity contribution in [3.05, 3.63) is 92.7 Å². The van der Waals surface area contributed by atoms with Crippen LogP contribution in [0.4, 0.5) is 10.1 Å². The smallest absolute Gasteiger partial charge is 0.329 e. The fourth-order valence-electron chi connectivity index (χ4n) is 2.68. The summed E-state index contributed by atoms with van der Waals surface area (Å²) in [5.41, 5.74) is 3.86. The molecule has 33 heavy (non-hydrogen) atoms. The monoisotopic (exact) mass is 507 g/mol. The molecule has 0 atom stereocenters. The second-order valence-corrected chi connectivity index (χ2v) is 8.04. The van der Waals surface area contributed by atoms with E-state index in [-0.39, 0.29) is 22.9 Å². The third-order valence-electron chi connectivity index (χ3n) is 4.37. The molecule has 0 aliphatic heterocycles. The van der Waals surface area contributed by atoms with Crippen LogP contribution in [0.2, 0.25) is 15.1 Å². The molecular formula is C23H17Cl3FN3O3. The normalized spacial score (nSPS) is 11.1. The summed E-state index contributed by atoms with van der Waals surface area (Å²) < 4.78 is 19.4. The lowest BCUT2D eigenvalue weighted by Crippen LogP contribution is -2.32. The first-order valence-corrected chi connectivity index (χ1v) is 10.6. The van der Waals surface area contributed by atoms with Crippen molar-refractivity contribution in [1.82, 2.24) is 5.43 Å². The van der Waals surface area contributed by atoms with E-state index in [0.29, 0.717) is 27.1 Å². The number of halogens is 4. The second-order valence-electron chi connectivity index (χ2n) is 6.76. The molecule has 3 rings (SSSR count). The van der Waals surface area contributed by atoms with E-state index in [1.165, 1.54) is 30.3 Å². The van der Waals surface area contributed by atoms with Gasteiger partial charge in [0.25, 0.3) is 0 Å². The number of rotatable bonds is 6. The number of ether oxygens (including phenoxy) is 1. The molecule has 170 valence electrons. The molecule has 0 radical (unpaired) electrons. The van der Waals surface area contributed by atoms with E-state index in [1.807, 2.05) is 0 Å². The van der Waals surface area contributed by atoms with Crippen molar-refractivity contribution in [3.63, 3.8) is 0 Å². The van der Waals surface area contributed by atoms with Gasteiger partial charge in [-0.3, -0.25) is 9.59 Å². The Morgan fingerprint density at radius 2 is 1.64 bits per heavy atom. The van der Waals surface area contributed by atoms with Gasteiger partial charge in [0.15, 0.2) is 0 Å². The summed E-state index contributed by atoms with van der Waals surface area (Å²) in [6.07, 6.45) is 0. The van der Waals surface area contributed by atoms with Crippen LogP contribution in [0, 0.1) is 5.82 Å². The van der Waals surface area contributed by atoms with Crippen LogP contribution in [0.25, 0.3) is 0 Å². The Kier molecular flexibility index (Phi) is 8.27. The van der Waals surface area contributed by atoms with Crippen molar-refractivity contribution in [2.24, 2.45) is 5.10 Å². The zero-order chi connectivity index (χ0) is 24.0. The number of carbonyl (C=O) groups excluding carboxylic acids is 2. The number of hydrogen-bond acceptors (Lipinski definition) is 4. The predicted octanol–water partition coefficient (Wildman–Crippen LogP) is 5.84. The lowest BCUT2D eigenvalue weighted by molar-refractivity contribution is -0.136. The number of nitrogens with zero attached hydrogens (tertiary/aromatic N) is 1. The maximum atomic E-state index is 13.8. The van der Waals surface area contributed by atoms with Gasteiger partial charge in [0.05, 0.1) is 10.7 Å². The Bertz CT molecular complexity index is 1180. The highest BCUT2D eigenvalue weighted by Crippen LogP contribution is 2.23. The Morgan fingerprint density at radius 3 is 2.27 bits per heavy atom. The lowest BCUT2D eigenvalue weighted by Gasteiger charge is -2.09. The molecule has 0 saturated carbocycles. The fourth-order valence-corrected chi connectivity index (χ4v) is 3.43. The molecule has 10 heteroatoms. The minimum absolute atomic E-state index is 0.0269. The maximum Gasteiger partial charge on any atom is 0.329 e. The number of carbonyl (C=O) groups is 2. The zero-order valence-corrected chi connectivity index (χ0v) is 19.4. The molecule has 0 fully saturated rings.